The highest BCUT2D eigenvalue weighted by Gasteiger charge is 1.92. The van der Waals surface area contributed by atoms with Crippen molar-refractivity contribution in [2.75, 3.05) is 13.9 Å². The number of carboxylic acid groups (broad SMARTS) is 1. The van der Waals surface area contributed by atoms with E-state index in [9.17, 15) is 4.79 Å². The maximum atomic E-state index is 9.98. The van der Waals surface area contributed by atoms with Gasteiger partial charge in [0.2, 0.25) is 0 Å². The Hall–Kier alpha value is -1.03. The Bertz CT molecular complexity index is 139. The van der Waals surface area contributed by atoms with Gasteiger partial charge in [0, 0.05) is 7.11 Å². The van der Waals surface area contributed by atoms with Crippen molar-refractivity contribution in [3.05, 3.63) is 11.8 Å². The molecule has 58 valence electrons. The summed E-state index contributed by atoms with van der Waals surface area (Å²) >= 11 is 0. The zero-order valence-electron chi connectivity index (χ0n) is 5.96. The molecule has 0 saturated carbocycles. The Kier molecular flexibility index (Phi) is 4.32. The fourth-order valence-electron chi connectivity index (χ4n) is 0.367. The second-order valence-electron chi connectivity index (χ2n) is 1.64. The molecule has 4 heteroatoms. The number of carbonyl (C=O) groups is 1. The summed E-state index contributed by atoms with van der Waals surface area (Å²) in [6, 6.07) is 0. The van der Waals surface area contributed by atoms with Crippen LogP contribution in [0.1, 0.15) is 6.92 Å². The van der Waals surface area contributed by atoms with E-state index in [1.807, 2.05) is 0 Å². The van der Waals surface area contributed by atoms with Crippen molar-refractivity contribution in [1.29, 1.82) is 0 Å². The molecule has 0 amide bonds. The number of ether oxygens (including phenoxy) is 2. The Morgan fingerprint density at radius 2 is 2.30 bits per heavy atom. The molecule has 0 aliphatic rings. The first-order valence-corrected chi connectivity index (χ1v) is 2.69. The van der Waals surface area contributed by atoms with E-state index in [0.717, 1.165) is 6.08 Å². The molecule has 0 aromatic carbocycles. The van der Waals surface area contributed by atoms with Crippen LogP contribution in [0.5, 0.6) is 0 Å². The van der Waals surface area contributed by atoms with Gasteiger partial charge in [0.15, 0.2) is 6.79 Å². The van der Waals surface area contributed by atoms with E-state index in [-0.39, 0.29) is 6.79 Å². The molecular weight excluding hydrogens is 136 g/mol. The Morgan fingerprint density at radius 1 is 1.70 bits per heavy atom. The molecule has 0 aliphatic carbocycles. The number of aliphatic carboxylic acids is 1. The zero-order chi connectivity index (χ0) is 7.98. The summed E-state index contributed by atoms with van der Waals surface area (Å²) in [5.74, 6) is -0.692. The number of carboxylic acids is 1. The molecule has 0 heterocycles. The molecule has 0 radical (unpaired) electrons. The molecule has 0 aromatic heterocycles. The third-order valence-electron chi connectivity index (χ3n) is 0.731. The van der Waals surface area contributed by atoms with Crippen LogP contribution < -0.4 is 0 Å². The molecule has 10 heavy (non-hydrogen) atoms. The molecule has 0 bridgehead atoms. The lowest BCUT2D eigenvalue weighted by molar-refractivity contribution is -0.131. The van der Waals surface area contributed by atoms with Crippen molar-refractivity contribution in [1.82, 2.24) is 0 Å². The first-order valence-electron chi connectivity index (χ1n) is 2.69. The molecular formula is C6H10O4. The first kappa shape index (κ1) is 8.97. The summed E-state index contributed by atoms with van der Waals surface area (Å²) in [6.07, 6.45) is 0.971. The zero-order valence-corrected chi connectivity index (χ0v) is 5.96. The topological polar surface area (TPSA) is 55.8 Å². The smallest absolute Gasteiger partial charge is 0.331 e. The van der Waals surface area contributed by atoms with Gasteiger partial charge in [0.25, 0.3) is 0 Å². The van der Waals surface area contributed by atoms with Crippen molar-refractivity contribution >= 4 is 5.97 Å². The van der Waals surface area contributed by atoms with Gasteiger partial charge < -0.3 is 14.6 Å². The summed E-state index contributed by atoms with van der Waals surface area (Å²) in [6.45, 7) is 1.63. The maximum absolute atomic E-state index is 9.98. The van der Waals surface area contributed by atoms with Crippen LogP contribution in [0.15, 0.2) is 11.8 Å². The lowest BCUT2D eigenvalue weighted by Crippen LogP contribution is -1.97. The van der Waals surface area contributed by atoms with Crippen LogP contribution in [0.4, 0.5) is 0 Å². The van der Waals surface area contributed by atoms with E-state index in [4.69, 9.17) is 9.84 Å². The molecule has 0 aliphatic heterocycles. The largest absolute Gasteiger partial charge is 0.478 e. The minimum Gasteiger partial charge on any atom is -0.478 e. The Balaban J connectivity index is 3.60. The van der Waals surface area contributed by atoms with Gasteiger partial charge in [-0.1, -0.05) is 0 Å². The van der Waals surface area contributed by atoms with Gasteiger partial charge in [-0.15, -0.1) is 0 Å². The molecule has 0 rings (SSSR count). The van der Waals surface area contributed by atoms with Gasteiger partial charge in [0.1, 0.15) is 5.76 Å². The van der Waals surface area contributed by atoms with Gasteiger partial charge in [0.05, 0.1) is 6.08 Å². The van der Waals surface area contributed by atoms with E-state index in [1.165, 1.54) is 7.11 Å². The molecule has 0 spiro atoms. The van der Waals surface area contributed by atoms with E-state index in [1.54, 1.807) is 6.92 Å². The number of hydrogen-bond acceptors (Lipinski definition) is 3. The average molecular weight is 146 g/mol. The highest BCUT2D eigenvalue weighted by Crippen LogP contribution is 1.93. The first-order chi connectivity index (χ1) is 4.66. The third-order valence-corrected chi connectivity index (χ3v) is 0.731. The van der Waals surface area contributed by atoms with Crippen molar-refractivity contribution in [2.45, 2.75) is 6.92 Å². The number of rotatable bonds is 4. The van der Waals surface area contributed by atoms with Crippen molar-refractivity contribution in [3.8, 4) is 0 Å². The van der Waals surface area contributed by atoms with Crippen LogP contribution in [0, 0.1) is 0 Å². The van der Waals surface area contributed by atoms with Gasteiger partial charge in [-0.3, -0.25) is 0 Å². The van der Waals surface area contributed by atoms with E-state index < -0.39 is 5.97 Å². The van der Waals surface area contributed by atoms with Gasteiger partial charge in [-0.25, -0.2) is 4.79 Å². The monoisotopic (exact) mass is 146 g/mol. The van der Waals surface area contributed by atoms with Crippen molar-refractivity contribution in [3.63, 3.8) is 0 Å². The number of methoxy groups -OCH3 is 1. The lowest BCUT2D eigenvalue weighted by Gasteiger charge is -2.01. The van der Waals surface area contributed by atoms with Gasteiger partial charge in [-0.2, -0.15) is 0 Å². The Labute approximate surface area is 59.1 Å². The highest BCUT2D eigenvalue weighted by molar-refractivity contribution is 5.80. The fourth-order valence-corrected chi connectivity index (χ4v) is 0.367. The quantitative estimate of drug-likeness (QED) is 0.358. The molecule has 0 aromatic rings. The number of hydrogen-bond donors (Lipinski definition) is 1. The van der Waals surface area contributed by atoms with Crippen LogP contribution in [0.2, 0.25) is 0 Å². The molecule has 0 atom stereocenters. The predicted octanol–water partition coefficient (Wildman–Crippen LogP) is 0.595. The minimum atomic E-state index is -1.02. The van der Waals surface area contributed by atoms with E-state index in [2.05, 4.69) is 4.74 Å². The summed E-state index contributed by atoms with van der Waals surface area (Å²) in [5, 5.41) is 8.19. The fraction of sp³-hybridized carbons (Fsp3) is 0.500. The second-order valence-corrected chi connectivity index (χ2v) is 1.64. The summed E-state index contributed by atoms with van der Waals surface area (Å²) in [5.41, 5.74) is 0. The van der Waals surface area contributed by atoms with Gasteiger partial charge >= 0.3 is 5.97 Å². The summed E-state index contributed by atoms with van der Waals surface area (Å²) < 4.78 is 9.30. The third kappa shape index (κ3) is 5.11. The predicted molar refractivity (Wildman–Crippen MR) is 34.4 cm³/mol. The van der Waals surface area contributed by atoms with Crippen molar-refractivity contribution in [2.24, 2.45) is 0 Å². The van der Waals surface area contributed by atoms with Crippen LogP contribution >= 0.6 is 0 Å². The second kappa shape index (κ2) is 4.81. The molecule has 1 N–H and O–H groups in total. The molecule has 0 saturated heterocycles. The van der Waals surface area contributed by atoms with Crippen LogP contribution in [0.25, 0.3) is 0 Å². The molecule has 0 unspecified atom stereocenters. The van der Waals surface area contributed by atoms with E-state index in [0.29, 0.717) is 5.76 Å². The standard InChI is InChI=1S/C6H10O4/c1-5(3-6(7)8)10-4-9-2/h3H,4H2,1-2H3,(H,7,8)/b5-3+. The summed E-state index contributed by atoms with van der Waals surface area (Å²) in [4.78, 5) is 9.98. The molecule has 0 fully saturated rings. The van der Waals surface area contributed by atoms with Crippen LogP contribution in [-0.2, 0) is 14.3 Å². The number of allylic oxidation sites excluding steroid dienone is 1. The summed E-state index contributed by atoms with van der Waals surface area (Å²) in [7, 11) is 1.47. The molecule has 4 nitrogen and oxygen atoms in total. The van der Waals surface area contributed by atoms with Crippen LogP contribution in [0.3, 0.4) is 0 Å². The van der Waals surface area contributed by atoms with Gasteiger partial charge in [-0.05, 0) is 6.92 Å². The normalized spacial score (nSPS) is 11.2. The van der Waals surface area contributed by atoms with E-state index >= 15 is 0 Å². The Morgan fingerprint density at radius 3 is 2.70 bits per heavy atom. The SMILES string of the molecule is COCO/C(C)=C/C(=O)O. The van der Waals surface area contributed by atoms with Crippen molar-refractivity contribution < 1.29 is 19.4 Å². The lowest BCUT2D eigenvalue weighted by atomic mass is 10.5. The highest BCUT2D eigenvalue weighted by atomic mass is 16.7. The van der Waals surface area contributed by atoms with Crippen LogP contribution in [-0.4, -0.2) is 25.0 Å². The average Bonchev–Trinajstić information content (AvgIpc) is 1.82. The minimum absolute atomic E-state index is 0.0790. The maximum Gasteiger partial charge on any atom is 0.331 e.